The summed E-state index contributed by atoms with van der Waals surface area (Å²) >= 11 is 1.69. The molecule has 0 aliphatic heterocycles. The maximum Gasteiger partial charge on any atom is 0.0445 e. The molecule has 0 aliphatic rings. The smallest absolute Gasteiger partial charge is 0.0445 e. The van der Waals surface area contributed by atoms with Crippen LogP contribution in [0.1, 0.15) is 45.1 Å². The molecule has 0 spiro atoms. The van der Waals surface area contributed by atoms with Gasteiger partial charge in [0.1, 0.15) is 0 Å². The molecule has 73 valence electrons. The van der Waals surface area contributed by atoms with Crippen LogP contribution in [0.25, 0.3) is 0 Å². The monoisotopic (exact) mass is 195 g/mol. The van der Waals surface area contributed by atoms with Crippen LogP contribution in [0.15, 0.2) is 11.4 Å². The molecule has 0 bridgehead atoms. The van der Waals surface area contributed by atoms with Gasteiger partial charge in [-0.05, 0) is 29.3 Å². The lowest BCUT2D eigenvalue weighted by Crippen LogP contribution is -2.02. The molecular formula is C12H19S. The third-order valence-corrected chi connectivity index (χ3v) is 3.26. The summed E-state index contributed by atoms with van der Waals surface area (Å²) in [6.45, 7) is 4.57. The van der Waals surface area contributed by atoms with E-state index in [4.69, 9.17) is 0 Å². The van der Waals surface area contributed by atoms with Gasteiger partial charge in [-0.3, -0.25) is 0 Å². The lowest BCUT2D eigenvalue weighted by Gasteiger charge is -2.12. The Balaban J connectivity index is 2.31. The summed E-state index contributed by atoms with van der Waals surface area (Å²) in [5.41, 5.74) is 1.48. The lowest BCUT2D eigenvalue weighted by molar-refractivity contribution is 0.449. The first kappa shape index (κ1) is 10.8. The first-order chi connectivity index (χ1) is 6.36. The van der Waals surface area contributed by atoms with Crippen molar-refractivity contribution in [3.05, 3.63) is 22.4 Å². The van der Waals surface area contributed by atoms with E-state index in [0.29, 0.717) is 0 Å². The molecule has 0 saturated carbocycles. The summed E-state index contributed by atoms with van der Waals surface area (Å²) in [4.78, 5) is 0. The second kappa shape index (κ2) is 6.20. The first-order valence-electron chi connectivity index (χ1n) is 5.30. The molecule has 0 aromatic carbocycles. The highest BCUT2D eigenvalue weighted by Gasteiger charge is 2.06. The van der Waals surface area contributed by atoms with Crippen LogP contribution >= 0.6 is 11.3 Å². The summed E-state index contributed by atoms with van der Waals surface area (Å²) in [6.07, 6.45) is 6.67. The second-order valence-electron chi connectivity index (χ2n) is 3.69. The molecule has 1 aromatic rings. The van der Waals surface area contributed by atoms with Gasteiger partial charge >= 0.3 is 0 Å². The van der Waals surface area contributed by atoms with Gasteiger partial charge in [0.2, 0.25) is 0 Å². The van der Waals surface area contributed by atoms with Gasteiger partial charge < -0.3 is 0 Å². The highest BCUT2D eigenvalue weighted by molar-refractivity contribution is 7.07. The van der Waals surface area contributed by atoms with Crippen LogP contribution in [0.3, 0.4) is 0 Å². The van der Waals surface area contributed by atoms with E-state index in [1.165, 1.54) is 37.7 Å². The SMILES string of the molecule is CCCCC(CC)Cc1c[c]sc1. The molecule has 0 saturated heterocycles. The van der Waals surface area contributed by atoms with Crippen molar-refractivity contribution < 1.29 is 0 Å². The van der Waals surface area contributed by atoms with Crippen molar-refractivity contribution in [2.24, 2.45) is 5.92 Å². The molecule has 1 unspecified atom stereocenters. The van der Waals surface area contributed by atoms with Gasteiger partial charge in [0.15, 0.2) is 0 Å². The summed E-state index contributed by atoms with van der Waals surface area (Å²) < 4.78 is 0. The van der Waals surface area contributed by atoms with Gasteiger partial charge in [-0.1, -0.05) is 39.5 Å². The molecule has 1 aromatic heterocycles. The van der Waals surface area contributed by atoms with E-state index in [1.807, 2.05) is 0 Å². The molecule has 0 nitrogen and oxygen atoms in total. The maximum absolute atomic E-state index is 3.16. The van der Waals surface area contributed by atoms with Crippen molar-refractivity contribution in [2.45, 2.75) is 46.0 Å². The van der Waals surface area contributed by atoms with E-state index in [0.717, 1.165) is 5.92 Å². The van der Waals surface area contributed by atoms with Gasteiger partial charge in [-0.25, -0.2) is 0 Å². The third-order valence-electron chi connectivity index (χ3n) is 2.59. The zero-order valence-electron chi connectivity index (χ0n) is 8.68. The molecule has 1 heteroatoms. The summed E-state index contributed by atoms with van der Waals surface area (Å²) in [7, 11) is 0. The third kappa shape index (κ3) is 3.95. The van der Waals surface area contributed by atoms with Crippen LogP contribution in [0, 0.1) is 11.3 Å². The number of thiophene rings is 1. The van der Waals surface area contributed by atoms with E-state index in [2.05, 4.69) is 30.7 Å². The Morgan fingerprint density at radius 3 is 2.85 bits per heavy atom. The Labute approximate surface area is 86.0 Å². The molecule has 0 aliphatic carbocycles. The molecule has 1 atom stereocenters. The van der Waals surface area contributed by atoms with Gasteiger partial charge in [-0.2, -0.15) is 0 Å². The Morgan fingerprint density at radius 1 is 1.46 bits per heavy atom. The lowest BCUT2D eigenvalue weighted by atomic mass is 9.93. The fourth-order valence-electron chi connectivity index (χ4n) is 1.64. The van der Waals surface area contributed by atoms with E-state index in [1.54, 1.807) is 11.3 Å². The van der Waals surface area contributed by atoms with Gasteiger partial charge in [0.25, 0.3) is 0 Å². The Morgan fingerprint density at radius 2 is 2.31 bits per heavy atom. The van der Waals surface area contributed by atoms with E-state index in [9.17, 15) is 0 Å². The molecular weight excluding hydrogens is 176 g/mol. The highest BCUT2D eigenvalue weighted by Crippen LogP contribution is 2.19. The van der Waals surface area contributed by atoms with Crippen molar-refractivity contribution in [1.82, 2.24) is 0 Å². The largest absolute Gasteiger partial charge is 0.143 e. The van der Waals surface area contributed by atoms with Crippen LogP contribution in [0.2, 0.25) is 0 Å². The molecule has 0 N–H and O–H groups in total. The van der Waals surface area contributed by atoms with Gasteiger partial charge in [0.05, 0.1) is 0 Å². The zero-order chi connectivity index (χ0) is 9.52. The molecule has 0 fully saturated rings. The number of rotatable bonds is 6. The number of hydrogen-bond donors (Lipinski definition) is 0. The molecule has 1 rings (SSSR count). The van der Waals surface area contributed by atoms with Crippen molar-refractivity contribution in [1.29, 1.82) is 0 Å². The topological polar surface area (TPSA) is 0 Å². The first-order valence-corrected chi connectivity index (χ1v) is 6.18. The molecule has 1 radical (unpaired) electrons. The van der Waals surface area contributed by atoms with Crippen LogP contribution in [-0.2, 0) is 6.42 Å². The predicted molar refractivity (Wildman–Crippen MR) is 60.2 cm³/mol. The minimum absolute atomic E-state index is 0.892. The molecule has 1 heterocycles. The normalized spacial score (nSPS) is 13.1. The van der Waals surface area contributed by atoms with Crippen molar-refractivity contribution in [3.8, 4) is 0 Å². The quantitative estimate of drug-likeness (QED) is 0.634. The standard InChI is InChI=1S/C12H19S/c1-3-5-6-11(4-2)9-12-7-8-13-10-12/h7,10-11H,3-6,9H2,1-2H3. The fourth-order valence-corrected chi connectivity index (χ4v) is 2.24. The van der Waals surface area contributed by atoms with E-state index >= 15 is 0 Å². The average molecular weight is 195 g/mol. The fraction of sp³-hybridized carbons (Fsp3) is 0.667. The summed E-state index contributed by atoms with van der Waals surface area (Å²) in [5, 5.41) is 5.39. The number of unbranched alkanes of at least 4 members (excludes halogenated alkanes) is 1. The van der Waals surface area contributed by atoms with Crippen LogP contribution in [0.4, 0.5) is 0 Å². The highest BCUT2D eigenvalue weighted by atomic mass is 32.1. The summed E-state index contributed by atoms with van der Waals surface area (Å²) in [5.74, 6) is 0.892. The minimum Gasteiger partial charge on any atom is -0.143 e. The van der Waals surface area contributed by atoms with Gasteiger partial charge in [0, 0.05) is 5.38 Å². The maximum atomic E-state index is 3.16. The average Bonchev–Trinajstić information content (AvgIpc) is 2.64. The summed E-state index contributed by atoms with van der Waals surface area (Å²) in [6, 6.07) is 2.14. The van der Waals surface area contributed by atoms with Crippen LogP contribution < -0.4 is 0 Å². The van der Waals surface area contributed by atoms with Gasteiger partial charge in [-0.15, -0.1) is 11.3 Å². The van der Waals surface area contributed by atoms with Crippen molar-refractivity contribution in [2.75, 3.05) is 0 Å². The zero-order valence-corrected chi connectivity index (χ0v) is 9.49. The van der Waals surface area contributed by atoms with Crippen molar-refractivity contribution >= 4 is 11.3 Å². The Kier molecular flexibility index (Phi) is 5.14. The van der Waals surface area contributed by atoms with E-state index in [-0.39, 0.29) is 0 Å². The van der Waals surface area contributed by atoms with E-state index < -0.39 is 0 Å². The Hall–Kier alpha value is -0.300. The minimum atomic E-state index is 0.892. The Bertz CT molecular complexity index is 201. The van der Waals surface area contributed by atoms with Crippen molar-refractivity contribution in [3.63, 3.8) is 0 Å². The predicted octanol–water partition coefficient (Wildman–Crippen LogP) is 4.31. The molecule has 13 heavy (non-hydrogen) atoms. The molecule has 0 amide bonds. The number of hydrogen-bond acceptors (Lipinski definition) is 1. The van der Waals surface area contributed by atoms with Crippen LogP contribution in [-0.4, -0.2) is 0 Å². The van der Waals surface area contributed by atoms with Crippen LogP contribution in [0.5, 0.6) is 0 Å². The second-order valence-corrected chi connectivity index (χ2v) is 4.40.